The van der Waals surface area contributed by atoms with Gasteiger partial charge in [0.15, 0.2) is 0 Å². The van der Waals surface area contributed by atoms with Crippen LogP contribution in [0.4, 0.5) is 0 Å². The molecule has 0 fully saturated rings. The molecule has 0 saturated carbocycles. The van der Waals surface area contributed by atoms with Crippen molar-refractivity contribution in [2.75, 3.05) is 19.3 Å². The molecule has 0 aromatic heterocycles. The van der Waals surface area contributed by atoms with Gasteiger partial charge in [-0.3, -0.25) is 4.79 Å². The molecule has 1 aromatic rings. The average molecular weight is 331 g/mol. The highest BCUT2D eigenvalue weighted by Crippen LogP contribution is 2.13. The highest BCUT2D eigenvalue weighted by Gasteiger charge is 2.18. The van der Waals surface area contributed by atoms with Crippen LogP contribution in [0.3, 0.4) is 0 Å². The van der Waals surface area contributed by atoms with Gasteiger partial charge in [-0.15, -0.1) is 6.58 Å². The summed E-state index contributed by atoms with van der Waals surface area (Å²) in [6.07, 6.45) is 2.80. The second-order valence-electron chi connectivity index (χ2n) is 4.57. The molecule has 1 aromatic carbocycles. The molecule has 7 heteroatoms. The molecule has 0 bridgehead atoms. The Morgan fingerprint density at radius 3 is 2.52 bits per heavy atom. The Morgan fingerprint density at radius 1 is 1.38 bits per heavy atom. The van der Waals surface area contributed by atoms with E-state index in [-0.39, 0.29) is 25.4 Å². The van der Waals surface area contributed by atoms with E-state index in [2.05, 4.69) is 11.9 Å². The first kappa shape index (κ1) is 17.7. The molecule has 0 aliphatic carbocycles. The van der Waals surface area contributed by atoms with Crippen LogP contribution in [0.25, 0.3) is 0 Å². The highest BCUT2D eigenvalue weighted by molar-refractivity contribution is 7.88. The normalized spacial score (nSPS) is 11.4. The first-order chi connectivity index (χ1) is 9.82. The molecule has 0 unspecified atom stereocenters. The standard InChI is InChI=1S/C14H19ClN2O3S/c1-3-9-16-14(18)8-10-17(21(2,19)20)11-12-4-6-13(15)7-5-12/h3-7H,1,8-11H2,2H3,(H,16,18). The molecule has 5 nitrogen and oxygen atoms in total. The number of hydrogen-bond donors (Lipinski definition) is 1. The molecule has 0 heterocycles. The summed E-state index contributed by atoms with van der Waals surface area (Å²) in [5, 5.41) is 3.21. The summed E-state index contributed by atoms with van der Waals surface area (Å²) in [4.78, 5) is 11.5. The number of sulfonamides is 1. The number of halogens is 1. The fourth-order valence-electron chi connectivity index (χ4n) is 1.66. The van der Waals surface area contributed by atoms with Gasteiger partial charge in [0.1, 0.15) is 0 Å². The third-order valence-electron chi connectivity index (χ3n) is 2.77. The van der Waals surface area contributed by atoms with Crippen LogP contribution in [0.5, 0.6) is 0 Å². The van der Waals surface area contributed by atoms with Gasteiger partial charge in [0, 0.05) is 31.1 Å². The predicted octanol–water partition coefficient (Wildman–Crippen LogP) is 1.79. The van der Waals surface area contributed by atoms with Crippen molar-refractivity contribution < 1.29 is 13.2 Å². The van der Waals surface area contributed by atoms with Crippen molar-refractivity contribution in [1.29, 1.82) is 0 Å². The Labute approximate surface area is 130 Å². The van der Waals surface area contributed by atoms with Gasteiger partial charge in [-0.05, 0) is 17.7 Å². The fraction of sp³-hybridized carbons (Fsp3) is 0.357. The lowest BCUT2D eigenvalue weighted by atomic mass is 10.2. The lowest BCUT2D eigenvalue weighted by Crippen LogP contribution is -2.34. The maximum absolute atomic E-state index is 11.8. The van der Waals surface area contributed by atoms with E-state index in [4.69, 9.17) is 11.6 Å². The van der Waals surface area contributed by atoms with Crippen molar-refractivity contribution in [2.24, 2.45) is 0 Å². The van der Waals surface area contributed by atoms with E-state index in [1.54, 1.807) is 30.3 Å². The quantitative estimate of drug-likeness (QED) is 0.739. The highest BCUT2D eigenvalue weighted by atomic mass is 35.5. The molecule has 1 amide bonds. The van der Waals surface area contributed by atoms with Crippen LogP contribution < -0.4 is 5.32 Å². The summed E-state index contributed by atoms with van der Waals surface area (Å²) in [7, 11) is -3.39. The van der Waals surface area contributed by atoms with E-state index in [0.29, 0.717) is 11.6 Å². The number of rotatable bonds is 8. The Balaban J connectivity index is 2.67. The van der Waals surface area contributed by atoms with Crippen LogP contribution in [0.1, 0.15) is 12.0 Å². The van der Waals surface area contributed by atoms with E-state index >= 15 is 0 Å². The van der Waals surface area contributed by atoms with Gasteiger partial charge >= 0.3 is 0 Å². The van der Waals surface area contributed by atoms with Crippen LogP contribution in [-0.4, -0.2) is 38.0 Å². The van der Waals surface area contributed by atoms with Crippen LogP contribution in [0.15, 0.2) is 36.9 Å². The fourth-order valence-corrected chi connectivity index (χ4v) is 2.59. The third kappa shape index (κ3) is 6.75. The molecule has 0 spiro atoms. The van der Waals surface area contributed by atoms with E-state index in [9.17, 15) is 13.2 Å². The van der Waals surface area contributed by atoms with Crippen molar-refractivity contribution in [3.63, 3.8) is 0 Å². The number of nitrogens with one attached hydrogen (secondary N) is 1. The predicted molar refractivity (Wildman–Crippen MR) is 84.5 cm³/mol. The molecule has 116 valence electrons. The minimum Gasteiger partial charge on any atom is -0.353 e. The minimum absolute atomic E-state index is 0.106. The Kier molecular flexibility index (Phi) is 6.87. The minimum atomic E-state index is -3.39. The average Bonchev–Trinajstić information content (AvgIpc) is 2.41. The van der Waals surface area contributed by atoms with Crippen molar-refractivity contribution >= 4 is 27.5 Å². The maximum Gasteiger partial charge on any atom is 0.221 e. The molecule has 0 aliphatic rings. The SMILES string of the molecule is C=CCNC(=O)CCN(Cc1ccc(Cl)cc1)S(C)(=O)=O. The van der Waals surface area contributed by atoms with Gasteiger partial charge in [0.25, 0.3) is 0 Å². The zero-order valence-electron chi connectivity index (χ0n) is 11.9. The van der Waals surface area contributed by atoms with Gasteiger partial charge in [0.05, 0.1) is 6.26 Å². The van der Waals surface area contributed by atoms with Gasteiger partial charge in [0.2, 0.25) is 15.9 Å². The lowest BCUT2D eigenvalue weighted by Gasteiger charge is -2.19. The largest absolute Gasteiger partial charge is 0.353 e. The Morgan fingerprint density at radius 2 is 2.00 bits per heavy atom. The van der Waals surface area contributed by atoms with Gasteiger partial charge in [-0.1, -0.05) is 29.8 Å². The zero-order chi connectivity index (χ0) is 15.9. The topological polar surface area (TPSA) is 66.5 Å². The summed E-state index contributed by atoms with van der Waals surface area (Å²) in [6.45, 7) is 4.21. The second-order valence-corrected chi connectivity index (χ2v) is 6.98. The first-order valence-corrected chi connectivity index (χ1v) is 8.62. The van der Waals surface area contributed by atoms with Crippen molar-refractivity contribution in [1.82, 2.24) is 9.62 Å². The van der Waals surface area contributed by atoms with E-state index < -0.39 is 10.0 Å². The molecule has 1 rings (SSSR count). The van der Waals surface area contributed by atoms with E-state index in [0.717, 1.165) is 11.8 Å². The summed E-state index contributed by atoms with van der Waals surface area (Å²) in [5.41, 5.74) is 0.816. The molecule has 21 heavy (non-hydrogen) atoms. The molecule has 0 atom stereocenters. The number of amides is 1. The summed E-state index contributed by atoms with van der Waals surface area (Å²) < 4.78 is 24.8. The number of carbonyl (C=O) groups is 1. The van der Waals surface area contributed by atoms with Crippen LogP contribution in [0.2, 0.25) is 5.02 Å². The summed E-state index contributed by atoms with van der Waals surface area (Å²) >= 11 is 5.80. The van der Waals surface area contributed by atoms with Crippen molar-refractivity contribution in [3.05, 3.63) is 47.5 Å². The zero-order valence-corrected chi connectivity index (χ0v) is 13.5. The van der Waals surface area contributed by atoms with E-state index in [1.165, 1.54) is 4.31 Å². The van der Waals surface area contributed by atoms with Crippen molar-refractivity contribution in [2.45, 2.75) is 13.0 Å². The number of carbonyl (C=O) groups excluding carboxylic acids is 1. The molecule has 0 saturated heterocycles. The number of hydrogen-bond acceptors (Lipinski definition) is 3. The van der Waals surface area contributed by atoms with Crippen LogP contribution >= 0.6 is 11.6 Å². The Hall–Kier alpha value is -1.37. The summed E-state index contributed by atoms with van der Waals surface area (Å²) in [6, 6.07) is 6.93. The number of benzene rings is 1. The second kappa shape index (κ2) is 8.17. The van der Waals surface area contributed by atoms with Gasteiger partial charge in [-0.25, -0.2) is 8.42 Å². The third-order valence-corrected chi connectivity index (χ3v) is 4.27. The number of nitrogens with zero attached hydrogens (tertiary/aromatic N) is 1. The Bertz CT molecular complexity index is 585. The molecule has 1 N–H and O–H groups in total. The van der Waals surface area contributed by atoms with E-state index in [1.807, 2.05) is 0 Å². The molecular formula is C14H19ClN2O3S. The van der Waals surface area contributed by atoms with Crippen molar-refractivity contribution in [3.8, 4) is 0 Å². The van der Waals surface area contributed by atoms with Gasteiger partial charge < -0.3 is 5.32 Å². The smallest absolute Gasteiger partial charge is 0.221 e. The molecule has 0 aliphatic heterocycles. The molecular weight excluding hydrogens is 312 g/mol. The monoisotopic (exact) mass is 330 g/mol. The van der Waals surface area contributed by atoms with Crippen LogP contribution in [-0.2, 0) is 21.4 Å². The summed E-state index contributed by atoms with van der Waals surface area (Å²) in [5.74, 6) is -0.209. The lowest BCUT2D eigenvalue weighted by molar-refractivity contribution is -0.121. The molecule has 0 radical (unpaired) electrons. The maximum atomic E-state index is 11.8. The first-order valence-electron chi connectivity index (χ1n) is 6.40. The van der Waals surface area contributed by atoms with Crippen LogP contribution in [0, 0.1) is 0 Å². The van der Waals surface area contributed by atoms with Gasteiger partial charge in [-0.2, -0.15) is 4.31 Å².